The highest BCUT2D eigenvalue weighted by Crippen LogP contribution is 2.20. The van der Waals surface area contributed by atoms with Crippen molar-refractivity contribution in [3.05, 3.63) is 34.5 Å². The molecule has 1 unspecified atom stereocenters. The highest BCUT2D eigenvalue weighted by Gasteiger charge is 2.20. The zero-order valence-electron chi connectivity index (χ0n) is 15.1. The molecule has 0 saturated carbocycles. The summed E-state index contributed by atoms with van der Waals surface area (Å²) in [5.41, 5.74) is 0. The largest absolute Gasteiger partial charge is 0.357 e. The molecule has 0 spiro atoms. The maximum atomic E-state index is 4.87. The first-order valence-electron chi connectivity index (χ1n) is 9.28. The number of hydrogen-bond donors (Lipinski definition) is 2. The molecule has 2 heterocycles. The van der Waals surface area contributed by atoms with Gasteiger partial charge >= 0.3 is 0 Å². The molecular formula is C19H31IN4S. The second-order valence-electron chi connectivity index (χ2n) is 6.83. The van der Waals surface area contributed by atoms with Crippen molar-refractivity contribution in [1.82, 2.24) is 15.5 Å². The highest BCUT2D eigenvalue weighted by molar-refractivity contribution is 14.0. The Hall–Kier alpha value is -0.600. The standard InChI is InChI=1S/C19H30N4S.HI/c1-2-20-19(22-17-8-3-4-9-17)21-13-16-7-5-11-23(14-16)15-18-10-6-12-24-18;/h3-4,6,10,12,16-17H,2,5,7-9,11,13-15H2,1H3,(H2,20,21,22);1H. The lowest BCUT2D eigenvalue weighted by Crippen LogP contribution is -2.43. The lowest BCUT2D eigenvalue weighted by Gasteiger charge is -2.31. The van der Waals surface area contributed by atoms with Crippen molar-refractivity contribution in [3.63, 3.8) is 0 Å². The van der Waals surface area contributed by atoms with Gasteiger partial charge in [-0.1, -0.05) is 18.2 Å². The number of aliphatic imine (C=N–C) groups is 1. The number of thiophene rings is 1. The Kier molecular flexibility index (Phi) is 9.26. The fraction of sp³-hybridized carbons (Fsp3) is 0.632. The molecule has 1 aliphatic heterocycles. The molecule has 1 aromatic heterocycles. The molecule has 2 N–H and O–H groups in total. The predicted molar refractivity (Wildman–Crippen MR) is 119 cm³/mol. The Morgan fingerprint density at radius 1 is 1.36 bits per heavy atom. The van der Waals surface area contributed by atoms with E-state index < -0.39 is 0 Å². The molecule has 1 aliphatic carbocycles. The molecule has 1 fully saturated rings. The van der Waals surface area contributed by atoms with Gasteiger partial charge in [0.15, 0.2) is 5.96 Å². The lowest BCUT2D eigenvalue weighted by atomic mass is 9.98. The molecule has 1 aromatic rings. The van der Waals surface area contributed by atoms with Gasteiger partial charge in [0, 0.05) is 37.1 Å². The molecule has 0 amide bonds. The van der Waals surface area contributed by atoms with Gasteiger partial charge in [0.25, 0.3) is 0 Å². The number of rotatable bonds is 6. The maximum Gasteiger partial charge on any atom is 0.191 e. The minimum Gasteiger partial charge on any atom is -0.357 e. The molecule has 3 rings (SSSR count). The molecule has 140 valence electrons. The van der Waals surface area contributed by atoms with E-state index in [1.807, 2.05) is 11.3 Å². The summed E-state index contributed by atoms with van der Waals surface area (Å²) in [6.45, 7) is 7.48. The van der Waals surface area contributed by atoms with Crippen LogP contribution in [-0.2, 0) is 6.54 Å². The molecule has 0 aromatic carbocycles. The van der Waals surface area contributed by atoms with E-state index in [1.54, 1.807) is 0 Å². The van der Waals surface area contributed by atoms with Crippen LogP contribution >= 0.6 is 35.3 Å². The Bertz CT molecular complexity index is 536. The van der Waals surface area contributed by atoms with E-state index in [2.05, 4.69) is 52.1 Å². The van der Waals surface area contributed by atoms with Crippen LogP contribution in [0.3, 0.4) is 0 Å². The smallest absolute Gasteiger partial charge is 0.191 e. The van der Waals surface area contributed by atoms with Crippen LogP contribution in [0.4, 0.5) is 0 Å². The fourth-order valence-corrected chi connectivity index (χ4v) is 4.28. The summed E-state index contributed by atoms with van der Waals surface area (Å²) in [4.78, 5) is 8.94. The molecular weight excluding hydrogens is 443 g/mol. The van der Waals surface area contributed by atoms with Crippen molar-refractivity contribution in [1.29, 1.82) is 0 Å². The van der Waals surface area contributed by atoms with Crippen molar-refractivity contribution < 1.29 is 0 Å². The molecule has 4 nitrogen and oxygen atoms in total. The molecule has 1 saturated heterocycles. The van der Waals surface area contributed by atoms with E-state index in [9.17, 15) is 0 Å². The van der Waals surface area contributed by atoms with Crippen LogP contribution in [0.15, 0.2) is 34.7 Å². The molecule has 0 bridgehead atoms. The van der Waals surface area contributed by atoms with E-state index >= 15 is 0 Å². The van der Waals surface area contributed by atoms with Gasteiger partial charge in [0.2, 0.25) is 0 Å². The van der Waals surface area contributed by atoms with Gasteiger partial charge in [0.05, 0.1) is 0 Å². The second-order valence-corrected chi connectivity index (χ2v) is 7.86. The zero-order valence-corrected chi connectivity index (χ0v) is 18.3. The number of nitrogens with one attached hydrogen (secondary N) is 2. The molecule has 25 heavy (non-hydrogen) atoms. The van der Waals surface area contributed by atoms with Crippen LogP contribution in [0.5, 0.6) is 0 Å². The van der Waals surface area contributed by atoms with Gasteiger partial charge in [-0.2, -0.15) is 0 Å². The molecule has 2 aliphatic rings. The van der Waals surface area contributed by atoms with E-state index in [0.29, 0.717) is 12.0 Å². The third-order valence-corrected chi connectivity index (χ3v) is 5.62. The topological polar surface area (TPSA) is 39.7 Å². The summed E-state index contributed by atoms with van der Waals surface area (Å²) < 4.78 is 0. The summed E-state index contributed by atoms with van der Waals surface area (Å²) in [5.74, 6) is 1.66. The third-order valence-electron chi connectivity index (χ3n) is 4.76. The normalized spacial score (nSPS) is 22.0. The quantitative estimate of drug-likeness (QED) is 0.285. The van der Waals surface area contributed by atoms with Gasteiger partial charge < -0.3 is 10.6 Å². The van der Waals surface area contributed by atoms with Gasteiger partial charge in [-0.25, -0.2) is 0 Å². The maximum absolute atomic E-state index is 4.87. The van der Waals surface area contributed by atoms with E-state index in [4.69, 9.17) is 4.99 Å². The van der Waals surface area contributed by atoms with Crippen LogP contribution in [0.1, 0.15) is 37.5 Å². The number of likely N-dealkylation sites (tertiary alicyclic amines) is 1. The SMILES string of the molecule is CCNC(=NCC1CCCN(Cc2cccs2)C1)NC1CC=CC1.I. The van der Waals surface area contributed by atoms with Gasteiger partial charge in [-0.05, 0) is 56.5 Å². The Morgan fingerprint density at radius 3 is 2.92 bits per heavy atom. The number of piperidine rings is 1. The Balaban J connectivity index is 0.00000225. The summed E-state index contributed by atoms with van der Waals surface area (Å²) in [6, 6.07) is 4.91. The lowest BCUT2D eigenvalue weighted by molar-refractivity contribution is 0.172. The van der Waals surface area contributed by atoms with Crippen LogP contribution in [-0.4, -0.2) is 43.1 Å². The van der Waals surface area contributed by atoms with Crippen LogP contribution < -0.4 is 10.6 Å². The van der Waals surface area contributed by atoms with Crippen molar-refractivity contribution >= 4 is 41.3 Å². The average molecular weight is 474 g/mol. The summed E-state index contributed by atoms with van der Waals surface area (Å²) in [6.07, 6.45) is 9.33. The summed E-state index contributed by atoms with van der Waals surface area (Å²) in [7, 11) is 0. The average Bonchev–Trinajstić information content (AvgIpc) is 3.27. The monoisotopic (exact) mass is 474 g/mol. The second kappa shape index (κ2) is 11.2. The van der Waals surface area contributed by atoms with E-state index in [0.717, 1.165) is 38.4 Å². The first kappa shape index (κ1) is 20.7. The molecule has 6 heteroatoms. The summed E-state index contributed by atoms with van der Waals surface area (Å²) in [5, 5.41) is 9.14. The van der Waals surface area contributed by atoms with Crippen LogP contribution in [0, 0.1) is 5.92 Å². The summed E-state index contributed by atoms with van der Waals surface area (Å²) >= 11 is 1.87. The third kappa shape index (κ3) is 6.90. The van der Waals surface area contributed by atoms with Crippen LogP contribution in [0.25, 0.3) is 0 Å². The van der Waals surface area contributed by atoms with Gasteiger partial charge in [-0.15, -0.1) is 35.3 Å². The van der Waals surface area contributed by atoms with E-state index in [1.165, 1.54) is 30.8 Å². The van der Waals surface area contributed by atoms with Crippen molar-refractivity contribution in [2.24, 2.45) is 10.9 Å². The highest BCUT2D eigenvalue weighted by atomic mass is 127. The zero-order chi connectivity index (χ0) is 16.6. The molecule has 1 atom stereocenters. The number of guanidine groups is 1. The Morgan fingerprint density at radius 2 is 2.20 bits per heavy atom. The number of nitrogens with zero attached hydrogens (tertiary/aromatic N) is 2. The minimum atomic E-state index is 0. The minimum absolute atomic E-state index is 0. The van der Waals surface area contributed by atoms with Crippen molar-refractivity contribution in [2.75, 3.05) is 26.2 Å². The van der Waals surface area contributed by atoms with Gasteiger partial charge in [0.1, 0.15) is 0 Å². The Labute approximate surface area is 173 Å². The van der Waals surface area contributed by atoms with Crippen molar-refractivity contribution in [3.8, 4) is 0 Å². The number of halogens is 1. The fourth-order valence-electron chi connectivity index (χ4n) is 3.54. The number of hydrogen-bond acceptors (Lipinski definition) is 3. The van der Waals surface area contributed by atoms with Gasteiger partial charge in [-0.3, -0.25) is 9.89 Å². The first-order chi connectivity index (χ1) is 11.8. The molecule has 0 radical (unpaired) electrons. The van der Waals surface area contributed by atoms with E-state index in [-0.39, 0.29) is 24.0 Å². The first-order valence-corrected chi connectivity index (χ1v) is 10.2. The predicted octanol–water partition coefficient (Wildman–Crippen LogP) is 3.85. The van der Waals surface area contributed by atoms with Crippen molar-refractivity contribution in [2.45, 2.75) is 45.2 Å². The van der Waals surface area contributed by atoms with Crippen LogP contribution in [0.2, 0.25) is 0 Å².